The van der Waals surface area contributed by atoms with Crippen molar-refractivity contribution in [1.29, 1.82) is 0 Å². The minimum atomic E-state index is -3.51. The van der Waals surface area contributed by atoms with Crippen LogP contribution in [0.1, 0.15) is 58.3 Å². The van der Waals surface area contributed by atoms with Crippen LogP contribution in [-0.2, 0) is 9.24 Å². The van der Waals surface area contributed by atoms with Crippen molar-refractivity contribution in [2.24, 2.45) is 0 Å². The molecule has 0 aromatic carbocycles. The van der Waals surface area contributed by atoms with Gasteiger partial charge < -0.3 is 0 Å². The molecule has 0 bridgehead atoms. The summed E-state index contributed by atoms with van der Waals surface area (Å²) in [5.41, 5.74) is 0. The molecule has 0 aliphatic heterocycles. The van der Waals surface area contributed by atoms with Crippen LogP contribution in [0, 0.1) is 0 Å². The third-order valence-corrected chi connectivity index (χ3v) is 3.18. The average molecular weight is 256 g/mol. The van der Waals surface area contributed by atoms with Gasteiger partial charge in [0.05, 0.1) is 0 Å². The summed E-state index contributed by atoms with van der Waals surface area (Å²) in [6.45, 7) is 2.67. The van der Waals surface area contributed by atoms with Crippen molar-refractivity contribution in [3.63, 3.8) is 0 Å². The number of halogens is 1. The first-order valence-corrected chi connectivity index (χ1v) is 8.06. The molecule has 0 aliphatic rings. The van der Waals surface area contributed by atoms with Gasteiger partial charge in [-0.2, -0.15) is 8.42 Å². The molecule has 0 spiro atoms. The fraction of sp³-hybridized carbons (Fsp3) is 1.00. The Bertz CT molecular complexity index is 230. The molecule has 0 aromatic rings. The second kappa shape index (κ2) is 9.43. The van der Waals surface area contributed by atoms with Crippen LogP contribution in [0.3, 0.4) is 0 Å². The van der Waals surface area contributed by atoms with E-state index in [1.165, 1.54) is 38.5 Å². The van der Waals surface area contributed by atoms with E-state index in [9.17, 15) is 8.42 Å². The highest BCUT2D eigenvalue weighted by molar-refractivity contribution is 8.12. The van der Waals surface area contributed by atoms with E-state index in [0.29, 0.717) is 6.54 Å². The van der Waals surface area contributed by atoms with Crippen LogP contribution in [-0.4, -0.2) is 15.0 Å². The Morgan fingerprint density at radius 1 is 0.933 bits per heavy atom. The molecule has 1 N–H and O–H groups in total. The van der Waals surface area contributed by atoms with Crippen LogP contribution in [0.2, 0.25) is 0 Å². The van der Waals surface area contributed by atoms with E-state index in [4.69, 9.17) is 10.7 Å². The molecule has 0 unspecified atom stereocenters. The van der Waals surface area contributed by atoms with Gasteiger partial charge in [0.1, 0.15) is 0 Å². The Hall–Kier alpha value is 0.200. The first-order chi connectivity index (χ1) is 7.06. The predicted molar refractivity (Wildman–Crippen MR) is 65.4 cm³/mol. The third kappa shape index (κ3) is 14.2. The SMILES string of the molecule is CCCCCCCCCCNS(=O)(=O)Cl. The maximum Gasteiger partial charge on any atom is 0.297 e. The summed E-state index contributed by atoms with van der Waals surface area (Å²) in [4.78, 5) is 0. The van der Waals surface area contributed by atoms with Gasteiger partial charge in [-0.15, -0.1) is 0 Å². The lowest BCUT2D eigenvalue weighted by Crippen LogP contribution is -2.19. The molecule has 3 nitrogen and oxygen atoms in total. The van der Waals surface area contributed by atoms with Crippen molar-refractivity contribution >= 4 is 19.9 Å². The molecule has 5 heteroatoms. The summed E-state index contributed by atoms with van der Waals surface area (Å²) >= 11 is 0. The van der Waals surface area contributed by atoms with Gasteiger partial charge in [0, 0.05) is 17.2 Å². The molecule has 0 aliphatic carbocycles. The second-order valence-corrected chi connectivity index (χ2v) is 6.19. The molecule has 0 fully saturated rings. The number of hydrogen-bond acceptors (Lipinski definition) is 2. The first-order valence-electron chi connectivity index (χ1n) is 5.75. The Morgan fingerprint density at radius 2 is 1.40 bits per heavy atom. The van der Waals surface area contributed by atoms with Crippen molar-refractivity contribution < 1.29 is 8.42 Å². The van der Waals surface area contributed by atoms with E-state index < -0.39 is 9.24 Å². The molecule has 0 saturated carbocycles. The van der Waals surface area contributed by atoms with E-state index in [1.54, 1.807) is 0 Å². The highest BCUT2D eigenvalue weighted by Gasteiger charge is 2.01. The quantitative estimate of drug-likeness (QED) is 0.481. The van der Waals surface area contributed by atoms with Crippen molar-refractivity contribution in [2.75, 3.05) is 6.54 Å². The van der Waals surface area contributed by atoms with Crippen LogP contribution in [0.25, 0.3) is 0 Å². The minimum absolute atomic E-state index is 0.459. The van der Waals surface area contributed by atoms with E-state index in [2.05, 4.69) is 11.6 Å². The van der Waals surface area contributed by atoms with E-state index in [-0.39, 0.29) is 0 Å². The van der Waals surface area contributed by atoms with Gasteiger partial charge in [-0.3, -0.25) is 0 Å². The van der Waals surface area contributed by atoms with Crippen molar-refractivity contribution in [3.05, 3.63) is 0 Å². The Labute approximate surface area is 98.1 Å². The first kappa shape index (κ1) is 15.2. The number of hydrogen-bond donors (Lipinski definition) is 1. The van der Waals surface area contributed by atoms with Crippen LogP contribution >= 0.6 is 10.7 Å². The van der Waals surface area contributed by atoms with Crippen molar-refractivity contribution in [2.45, 2.75) is 58.3 Å². The van der Waals surface area contributed by atoms with E-state index in [0.717, 1.165) is 12.8 Å². The zero-order chi connectivity index (χ0) is 11.6. The molecule has 0 saturated heterocycles. The zero-order valence-corrected chi connectivity index (χ0v) is 11.0. The van der Waals surface area contributed by atoms with Crippen molar-refractivity contribution in [3.8, 4) is 0 Å². The van der Waals surface area contributed by atoms with Gasteiger partial charge in [-0.25, -0.2) is 4.72 Å². The lowest BCUT2D eigenvalue weighted by atomic mass is 10.1. The van der Waals surface area contributed by atoms with Gasteiger partial charge in [0.15, 0.2) is 0 Å². The summed E-state index contributed by atoms with van der Waals surface area (Å²) in [5.74, 6) is 0. The molecule has 0 amide bonds. The molecular weight excluding hydrogens is 234 g/mol. The Balaban J connectivity index is 3.06. The number of rotatable bonds is 10. The van der Waals surface area contributed by atoms with Gasteiger partial charge in [0.2, 0.25) is 0 Å². The topological polar surface area (TPSA) is 46.2 Å². The maximum atomic E-state index is 10.5. The summed E-state index contributed by atoms with van der Waals surface area (Å²) < 4.78 is 23.3. The summed E-state index contributed by atoms with van der Waals surface area (Å²) in [5, 5.41) is 0. The van der Waals surface area contributed by atoms with E-state index >= 15 is 0 Å². The summed E-state index contributed by atoms with van der Waals surface area (Å²) in [6, 6.07) is 0. The minimum Gasteiger partial charge on any atom is -0.202 e. The molecule has 15 heavy (non-hydrogen) atoms. The van der Waals surface area contributed by atoms with Crippen LogP contribution in [0.15, 0.2) is 0 Å². The average Bonchev–Trinajstić information content (AvgIpc) is 2.14. The van der Waals surface area contributed by atoms with Gasteiger partial charge in [0.25, 0.3) is 9.24 Å². The van der Waals surface area contributed by atoms with Gasteiger partial charge >= 0.3 is 0 Å². The third-order valence-electron chi connectivity index (χ3n) is 2.30. The molecular formula is C10H22ClNO2S. The lowest BCUT2D eigenvalue weighted by molar-refractivity contribution is 0.565. The summed E-state index contributed by atoms with van der Waals surface area (Å²) in [7, 11) is 1.48. The number of nitrogens with one attached hydrogen (secondary N) is 1. The lowest BCUT2D eigenvalue weighted by Gasteiger charge is -2.01. The van der Waals surface area contributed by atoms with Gasteiger partial charge in [-0.05, 0) is 6.42 Å². The predicted octanol–water partition coefficient (Wildman–Crippen LogP) is 3.20. The van der Waals surface area contributed by atoms with Gasteiger partial charge in [-0.1, -0.05) is 51.9 Å². The standard InChI is InChI=1S/C10H22ClNO2S/c1-2-3-4-5-6-7-8-9-10-12-15(11,13)14/h12H,2-10H2,1H3. The fourth-order valence-corrected chi connectivity index (χ4v) is 2.07. The van der Waals surface area contributed by atoms with Crippen LogP contribution in [0.4, 0.5) is 0 Å². The van der Waals surface area contributed by atoms with E-state index in [1.807, 2.05) is 0 Å². The molecule has 92 valence electrons. The smallest absolute Gasteiger partial charge is 0.202 e. The number of unbranched alkanes of at least 4 members (excludes halogenated alkanes) is 7. The zero-order valence-electron chi connectivity index (χ0n) is 9.47. The highest BCUT2D eigenvalue weighted by Crippen LogP contribution is 2.08. The summed E-state index contributed by atoms with van der Waals surface area (Å²) in [6.07, 6.45) is 9.62. The normalized spacial score (nSPS) is 11.9. The maximum absolute atomic E-state index is 10.5. The van der Waals surface area contributed by atoms with Crippen LogP contribution < -0.4 is 4.72 Å². The van der Waals surface area contributed by atoms with Crippen LogP contribution in [0.5, 0.6) is 0 Å². The molecule has 0 rings (SSSR count). The highest BCUT2D eigenvalue weighted by atomic mass is 35.7. The molecule has 0 aromatic heterocycles. The largest absolute Gasteiger partial charge is 0.297 e. The molecule has 0 atom stereocenters. The molecule has 0 heterocycles. The van der Waals surface area contributed by atoms with Crippen molar-refractivity contribution in [1.82, 2.24) is 4.72 Å². The Kier molecular flexibility index (Phi) is 9.55. The molecule has 0 radical (unpaired) electrons. The monoisotopic (exact) mass is 255 g/mol. The fourth-order valence-electron chi connectivity index (χ4n) is 1.45. The Morgan fingerprint density at radius 3 is 1.87 bits per heavy atom. The second-order valence-electron chi connectivity index (χ2n) is 3.81.